The zero-order chi connectivity index (χ0) is 8.55. The predicted octanol–water partition coefficient (Wildman–Crippen LogP) is 1.36. The molecule has 0 spiro atoms. The number of carbonyl (C=O) groups excluding carboxylic acids is 1. The molecule has 0 fully saturated rings. The standard InChI is InChI=1S/C9H9NO2/c1-6-5-12-9(11)7-3-2-4-10-8(6)7/h2-4,6H,5H2,1H3/t6-/m1/s1. The Morgan fingerprint density at radius 1 is 1.67 bits per heavy atom. The summed E-state index contributed by atoms with van der Waals surface area (Å²) in [4.78, 5) is 15.3. The van der Waals surface area contributed by atoms with Gasteiger partial charge in [0.25, 0.3) is 0 Å². The van der Waals surface area contributed by atoms with E-state index in [0.717, 1.165) is 5.69 Å². The molecular weight excluding hydrogens is 154 g/mol. The molecule has 0 saturated carbocycles. The second-order valence-electron chi connectivity index (χ2n) is 2.94. The SMILES string of the molecule is C[C@@H]1COC(=O)c2cccnc21. The normalized spacial score (nSPS) is 21.4. The maximum Gasteiger partial charge on any atom is 0.340 e. The van der Waals surface area contributed by atoms with Crippen molar-refractivity contribution in [3.8, 4) is 0 Å². The first kappa shape index (κ1) is 7.28. The van der Waals surface area contributed by atoms with E-state index in [4.69, 9.17) is 4.74 Å². The maximum absolute atomic E-state index is 11.2. The number of esters is 1. The smallest absolute Gasteiger partial charge is 0.340 e. The second kappa shape index (κ2) is 2.59. The molecule has 62 valence electrons. The number of ether oxygens (including phenoxy) is 1. The van der Waals surface area contributed by atoms with Crippen LogP contribution in [0.2, 0.25) is 0 Å². The average molecular weight is 163 g/mol. The van der Waals surface area contributed by atoms with E-state index in [1.165, 1.54) is 0 Å². The Bertz CT molecular complexity index is 322. The molecule has 0 aromatic carbocycles. The van der Waals surface area contributed by atoms with Gasteiger partial charge in [0.05, 0.1) is 17.9 Å². The van der Waals surface area contributed by atoms with Gasteiger partial charge in [-0.15, -0.1) is 0 Å². The van der Waals surface area contributed by atoms with Crippen LogP contribution in [0, 0.1) is 0 Å². The Morgan fingerprint density at radius 2 is 2.50 bits per heavy atom. The lowest BCUT2D eigenvalue weighted by atomic mass is 10.0. The predicted molar refractivity (Wildman–Crippen MR) is 42.9 cm³/mol. The Kier molecular flexibility index (Phi) is 1.57. The lowest BCUT2D eigenvalue weighted by Crippen LogP contribution is -2.21. The van der Waals surface area contributed by atoms with Gasteiger partial charge in [0.2, 0.25) is 0 Å². The van der Waals surface area contributed by atoms with Gasteiger partial charge < -0.3 is 4.74 Å². The van der Waals surface area contributed by atoms with Crippen LogP contribution in [0.15, 0.2) is 18.3 Å². The number of cyclic esters (lactones) is 1. The van der Waals surface area contributed by atoms with Gasteiger partial charge in [-0.3, -0.25) is 4.98 Å². The van der Waals surface area contributed by atoms with Crippen LogP contribution in [0.25, 0.3) is 0 Å². The van der Waals surface area contributed by atoms with Crippen LogP contribution in [0.3, 0.4) is 0 Å². The fraction of sp³-hybridized carbons (Fsp3) is 0.333. The first-order valence-electron chi connectivity index (χ1n) is 3.91. The number of hydrogen-bond donors (Lipinski definition) is 0. The number of carbonyl (C=O) groups is 1. The minimum atomic E-state index is -0.254. The zero-order valence-corrected chi connectivity index (χ0v) is 6.78. The highest BCUT2D eigenvalue weighted by Crippen LogP contribution is 2.23. The highest BCUT2D eigenvalue weighted by atomic mass is 16.5. The molecule has 3 heteroatoms. The van der Waals surface area contributed by atoms with Crippen molar-refractivity contribution < 1.29 is 9.53 Å². The zero-order valence-electron chi connectivity index (χ0n) is 6.78. The van der Waals surface area contributed by atoms with Crippen LogP contribution >= 0.6 is 0 Å². The third kappa shape index (κ3) is 0.978. The summed E-state index contributed by atoms with van der Waals surface area (Å²) in [5.74, 6) is -0.0323. The van der Waals surface area contributed by atoms with Crippen LogP contribution in [-0.4, -0.2) is 17.6 Å². The van der Waals surface area contributed by atoms with E-state index < -0.39 is 0 Å². The van der Waals surface area contributed by atoms with Crippen molar-refractivity contribution in [2.24, 2.45) is 0 Å². The topological polar surface area (TPSA) is 39.2 Å². The van der Waals surface area contributed by atoms with Crippen LogP contribution in [0.4, 0.5) is 0 Å². The first-order valence-corrected chi connectivity index (χ1v) is 3.91. The van der Waals surface area contributed by atoms with Crippen molar-refractivity contribution in [2.75, 3.05) is 6.61 Å². The maximum atomic E-state index is 11.2. The highest BCUT2D eigenvalue weighted by Gasteiger charge is 2.24. The molecule has 0 unspecified atom stereocenters. The van der Waals surface area contributed by atoms with Crippen molar-refractivity contribution in [3.05, 3.63) is 29.6 Å². The third-order valence-electron chi connectivity index (χ3n) is 1.99. The lowest BCUT2D eigenvalue weighted by Gasteiger charge is -2.19. The van der Waals surface area contributed by atoms with Gasteiger partial charge in [-0.25, -0.2) is 4.79 Å². The van der Waals surface area contributed by atoms with Crippen LogP contribution in [0.1, 0.15) is 28.9 Å². The number of hydrogen-bond acceptors (Lipinski definition) is 3. The molecule has 1 aromatic rings. The van der Waals surface area contributed by atoms with E-state index in [0.29, 0.717) is 12.2 Å². The number of pyridine rings is 1. The molecule has 0 saturated heterocycles. The second-order valence-corrected chi connectivity index (χ2v) is 2.94. The van der Waals surface area contributed by atoms with E-state index in [-0.39, 0.29) is 11.9 Å². The quantitative estimate of drug-likeness (QED) is 0.542. The largest absolute Gasteiger partial charge is 0.461 e. The number of nitrogens with zero attached hydrogens (tertiary/aromatic N) is 1. The van der Waals surface area contributed by atoms with Crippen molar-refractivity contribution in [1.82, 2.24) is 4.98 Å². The molecule has 0 aliphatic carbocycles. The van der Waals surface area contributed by atoms with Gasteiger partial charge in [0, 0.05) is 12.1 Å². The molecule has 0 bridgehead atoms. The minimum Gasteiger partial charge on any atom is -0.461 e. The molecule has 1 aliphatic rings. The first-order chi connectivity index (χ1) is 5.79. The molecular formula is C9H9NO2. The van der Waals surface area contributed by atoms with E-state index in [9.17, 15) is 4.79 Å². The van der Waals surface area contributed by atoms with E-state index in [2.05, 4.69) is 4.98 Å². The fourth-order valence-electron chi connectivity index (χ4n) is 1.34. The Labute approximate surface area is 70.4 Å². The molecule has 1 aliphatic heterocycles. The molecule has 0 N–H and O–H groups in total. The van der Waals surface area contributed by atoms with Crippen LogP contribution in [-0.2, 0) is 4.74 Å². The fourth-order valence-corrected chi connectivity index (χ4v) is 1.34. The van der Waals surface area contributed by atoms with Crippen molar-refractivity contribution in [2.45, 2.75) is 12.8 Å². The molecule has 1 atom stereocenters. The third-order valence-corrected chi connectivity index (χ3v) is 1.99. The van der Waals surface area contributed by atoms with Gasteiger partial charge >= 0.3 is 5.97 Å². The number of fused-ring (bicyclic) bond motifs is 1. The number of aromatic nitrogens is 1. The summed E-state index contributed by atoms with van der Waals surface area (Å²) < 4.78 is 4.94. The lowest BCUT2D eigenvalue weighted by molar-refractivity contribution is 0.0444. The monoisotopic (exact) mass is 163 g/mol. The molecule has 0 amide bonds. The minimum absolute atomic E-state index is 0.221. The Balaban J connectivity index is 2.55. The van der Waals surface area contributed by atoms with Crippen LogP contribution < -0.4 is 0 Å². The van der Waals surface area contributed by atoms with E-state index in [1.807, 2.05) is 6.92 Å². The average Bonchev–Trinajstić information content (AvgIpc) is 2.12. The summed E-state index contributed by atoms with van der Waals surface area (Å²) in [5.41, 5.74) is 1.46. The number of rotatable bonds is 0. The molecule has 12 heavy (non-hydrogen) atoms. The highest BCUT2D eigenvalue weighted by molar-refractivity contribution is 5.91. The van der Waals surface area contributed by atoms with Crippen molar-refractivity contribution >= 4 is 5.97 Å². The molecule has 2 heterocycles. The summed E-state index contributed by atoms with van der Waals surface area (Å²) in [6, 6.07) is 3.50. The van der Waals surface area contributed by atoms with Gasteiger partial charge in [-0.1, -0.05) is 6.92 Å². The van der Waals surface area contributed by atoms with Gasteiger partial charge in [-0.2, -0.15) is 0 Å². The summed E-state index contributed by atoms with van der Waals surface area (Å²) in [6.45, 7) is 2.45. The summed E-state index contributed by atoms with van der Waals surface area (Å²) in [6.07, 6.45) is 1.70. The molecule has 3 nitrogen and oxygen atoms in total. The van der Waals surface area contributed by atoms with Crippen molar-refractivity contribution in [1.29, 1.82) is 0 Å². The van der Waals surface area contributed by atoms with Gasteiger partial charge in [-0.05, 0) is 12.1 Å². The van der Waals surface area contributed by atoms with E-state index in [1.54, 1.807) is 18.3 Å². The molecule has 2 rings (SSSR count). The summed E-state index contributed by atoms with van der Waals surface area (Å²) in [7, 11) is 0. The van der Waals surface area contributed by atoms with Gasteiger partial charge in [0.1, 0.15) is 0 Å². The van der Waals surface area contributed by atoms with E-state index >= 15 is 0 Å². The summed E-state index contributed by atoms with van der Waals surface area (Å²) in [5, 5.41) is 0. The Hall–Kier alpha value is -1.38. The van der Waals surface area contributed by atoms with Crippen LogP contribution in [0.5, 0.6) is 0 Å². The molecule has 1 aromatic heterocycles. The van der Waals surface area contributed by atoms with Crippen molar-refractivity contribution in [3.63, 3.8) is 0 Å². The summed E-state index contributed by atoms with van der Waals surface area (Å²) >= 11 is 0. The van der Waals surface area contributed by atoms with Gasteiger partial charge in [0.15, 0.2) is 0 Å². The molecule has 0 radical (unpaired) electrons. The Morgan fingerprint density at radius 3 is 3.25 bits per heavy atom.